The molecule has 4 nitrogen and oxygen atoms in total. The van der Waals surface area contributed by atoms with Gasteiger partial charge in [-0.05, 0) is 11.1 Å². The highest BCUT2D eigenvalue weighted by atomic mass is 16.5. The molecule has 1 fully saturated rings. The van der Waals surface area contributed by atoms with Gasteiger partial charge in [0.05, 0.1) is 19.8 Å². The molecule has 1 aliphatic heterocycles. The number of rotatable bonds is 6. The first kappa shape index (κ1) is 16.7. The summed E-state index contributed by atoms with van der Waals surface area (Å²) >= 11 is 0. The predicted molar refractivity (Wildman–Crippen MR) is 92.3 cm³/mol. The lowest BCUT2D eigenvalue weighted by Gasteiger charge is -2.22. The third-order valence-electron chi connectivity index (χ3n) is 4.40. The second kappa shape index (κ2) is 8.08. The van der Waals surface area contributed by atoms with Crippen molar-refractivity contribution in [2.75, 3.05) is 13.7 Å². The molecule has 0 radical (unpaired) electrons. The largest absolute Gasteiger partial charge is 0.468 e. The molecule has 0 unspecified atom stereocenters. The van der Waals surface area contributed by atoms with E-state index in [1.807, 2.05) is 36.4 Å². The number of likely N-dealkylation sites (tertiary alicyclic amines) is 1. The molecule has 0 spiro atoms. The van der Waals surface area contributed by atoms with E-state index in [1.54, 1.807) is 0 Å². The van der Waals surface area contributed by atoms with Gasteiger partial charge in [-0.25, -0.2) is 0 Å². The van der Waals surface area contributed by atoms with Gasteiger partial charge in [0.25, 0.3) is 0 Å². The van der Waals surface area contributed by atoms with E-state index < -0.39 is 0 Å². The number of hydrogen-bond donors (Lipinski definition) is 0. The lowest BCUT2D eigenvalue weighted by atomic mass is 10.1. The van der Waals surface area contributed by atoms with E-state index in [0.717, 1.165) is 18.7 Å². The highest BCUT2D eigenvalue weighted by Gasteiger charge is 2.37. The highest BCUT2D eigenvalue weighted by Crippen LogP contribution is 2.24. The minimum atomic E-state index is -0.240. The van der Waals surface area contributed by atoms with Crippen molar-refractivity contribution in [2.24, 2.45) is 0 Å². The fraction of sp³-hybridized carbons (Fsp3) is 0.350. The van der Waals surface area contributed by atoms with Crippen molar-refractivity contribution < 1.29 is 14.3 Å². The van der Waals surface area contributed by atoms with E-state index in [9.17, 15) is 4.79 Å². The van der Waals surface area contributed by atoms with Crippen LogP contribution in [0.1, 0.15) is 17.5 Å². The molecule has 2 aromatic rings. The third kappa shape index (κ3) is 4.22. The van der Waals surface area contributed by atoms with Crippen LogP contribution in [0.5, 0.6) is 0 Å². The zero-order valence-electron chi connectivity index (χ0n) is 13.9. The number of esters is 1. The molecule has 0 aromatic heterocycles. The van der Waals surface area contributed by atoms with Crippen LogP contribution >= 0.6 is 0 Å². The average molecular weight is 325 g/mol. The minimum absolute atomic E-state index is 0.0398. The number of carbonyl (C=O) groups excluding carboxylic acids is 1. The molecular weight excluding hydrogens is 302 g/mol. The van der Waals surface area contributed by atoms with Gasteiger partial charge >= 0.3 is 5.97 Å². The number of carbonyl (C=O) groups is 1. The number of methoxy groups -OCH3 is 1. The van der Waals surface area contributed by atoms with Gasteiger partial charge in [0.1, 0.15) is 6.04 Å². The topological polar surface area (TPSA) is 38.8 Å². The number of nitrogens with zero attached hydrogens (tertiary/aromatic N) is 1. The zero-order chi connectivity index (χ0) is 16.8. The number of ether oxygens (including phenoxy) is 2. The second-order valence-corrected chi connectivity index (χ2v) is 6.11. The normalized spacial score (nSPS) is 20.9. The minimum Gasteiger partial charge on any atom is -0.468 e. The second-order valence-electron chi connectivity index (χ2n) is 6.11. The fourth-order valence-corrected chi connectivity index (χ4v) is 3.14. The van der Waals surface area contributed by atoms with Crippen molar-refractivity contribution in [3.8, 4) is 0 Å². The Morgan fingerprint density at radius 1 is 1.04 bits per heavy atom. The summed E-state index contributed by atoms with van der Waals surface area (Å²) in [6, 6.07) is 20.0. The standard InChI is InChI=1S/C20H23NO3/c1-23-20(22)19-12-18(24-15-17-10-6-3-7-11-17)14-21(19)13-16-8-4-2-5-9-16/h2-11,18-19H,12-15H2,1H3/t18-,19+/m1/s1. The quantitative estimate of drug-likeness (QED) is 0.765. The highest BCUT2D eigenvalue weighted by molar-refractivity contribution is 5.76. The maximum atomic E-state index is 12.1. The summed E-state index contributed by atoms with van der Waals surface area (Å²) in [5, 5.41) is 0. The van der Waals surface area contributed by atoms with Crippen molar-refractivity contribution in [3.63, 3.8) is 0 Å². The van der Waals surface area contributed by atoms with Crippen LogP contribution in [0.2, 0.25) is 0 Å². The monoisotopic (exact) mass is 325 g/mol. The Kier molecular flexibility index (Phi) is 5.62. The Hall–Kier alpha value is -2.17. The fourth-order valence-electron chi connectivity index (χ4n) is 3.14. The van der Waals surface area contributed by atoms with Gasteiger partial charge in [-0.2, -0.15) is 0 Å². The molecule has 3 rings (SSSR count). The summed E-state index contributed by atoms with van der Waals surface area (Å²) in [6.07, 6.45) is 0.713. The molecule has 0 aliphatic carbocycles. The first-order valence-electron chi connectivity index (χ1n) is 8.27. The Morgan fingerprint density at radius 3 is 2.29 bits per heavy atom. The molecule has 0 saturated carbocycles. The van der Waals surface area contributed by atoms with Crippen LogP contribution in [0.25, 0.3) is 0 Å². The van der Waals surface area contributed by atoms with Crippen molar-refractivity contribution in [1.29, 1.82) is 0 Å². The molecule has 1 saturated heterocycles. The summed E-state index contributed by atoms with van der Waals surface area (Å²) in [4.78, 5) is 14.3. The van der Waals surface area contributed by atoms with Gasteiger partial charge in [-0.1, -0.05) is 60.7 Å². The van der Waals surface area contributed by atoms with Gasteiger partial charge in [0.15, 0.2) is 0 Å². The molecule has 0 bridgehead atoms. The molecule has 24 heavy (non-hydrogen) atoms. The van der Waals surface area contributed by atoms with Crippen molar-refractivity contribution in [3.05, 3.63) is 71.8 Å². The van der Waals surface area contributed by atoms with E-state index in [1.165, 1.54) is 12.7 Å². The number of benzene rings is 2. The van der Waals surface area contributed by atoms with Gasteiger partial charge in [0, 0.05) is 19.5 Å². The summed E-state index contributed by atoms with van der Waals surface area (Å²) in [5.74, 6) is -0.184. The molecular formula is C20H23NO3. The van der Waals surface area contributed by atoms with Gasteiger partial charge in [-0.15, -0.1) is 0 Å². The summed E-state index contributed by atoms with van der Waals surface area (Å²) in [5.41, 5.74) is 2.34. The Balaban J connectivity index is 1.62. The lowest BCUT2D eigenvalue weighted by molar-refractivity contribution is -0.146. The molecule has 2 atom stereocenters. The van der Waals surface area contributed by atoms with Crippen LogP contribution in [0, 0.1) is 0 Å². The van der Waals surface area contributed by atoms with Gasteiger partial charge in [-0.3, -0.25) is 9.69 Å². The molecule has 0 N–H and O–H groups in total. The Labute approximate surface area is 143 Å². The maximum absolute atomic E-state index is 12.1. The van der Waals surface area contributed by atoms with Crippen LogP contribution in [0.4, 0.5) is 0 Å². The maximum Gasteiger partial charge on any atom is 0.323 e. The summed E-state index contributed by atoms with van der Waals surface area (Å²) in [7, 11) is 1.45. The van der Waals surface area contributed by atoms with Gasteiger partial charge < -0.3 is 9.47 Å². The molecule has 4 heteroatoms. The molecule has 0 amide bonds. The average Bonchev–Trinajstić information content (AvgIpc) is 3.04. The lowest BCUT2D eigenvalue weighted by Crippen LogP contribution is -2.36. The van der Waals surface area contributed by atoms with Crippen LogP contribution < -0.4 is 0 Å². The van der Waals surface area contributed by atoms with E-state index >= 15 is 0 Å². The van der Waals surface area contributed by atoms with Crippen molar-refractivity contribution >= 4 is 5.97 Å². The summed E-state index contributed by atoms with van der Waals surface area (Å²) in [6.45, 7) is 2.03. The first-order valence-corrected chi connectivity index (χ1v) is 8.27. The van der Waals surface area contributed by atoms with Crippen molar-refractivity contribution in [1.82, 2.24) is 4.90 Å². The van der Waals surface area contributed by atoms with Crippen LogP contribution in [-0.2, 0) is 27.4 Å². The zero-order valence-corrected chi connectivity index (χ0v) is 13.9. The third-order valence-corrected chi connectivity index (χ3v) is 4.40. The van der Waals surface area contributed by atoms with Crippen LogP contribution in [-0.4, -0.2) is 36.7 Å². The molecule has 126 valence electrons. The van der Waals surface area contributed by atoms with E-state index in [-0.39, 0.29) is 18.1 Å². The van der Waals surface area contributed by atoms with Crippen molar-refractivity contribution in [2.45, 2.75) is 31.7 Å². The van der Waals surface area contributed by atoms with Gasteiger partial charge in [0.2, 0.25) is 0 Å². The van der Waals surface area contributed by atoms with E-state index in [2.05, 4.69) is 29.2 Å². The SMILES string of the molecule is COC(=O)[C@@H]1C[C@@H](OCc2ccccc2)CN1Cc1ccccc1. The smallest absolute Gasteiger partial charge is 0.323 e. The van der Waals surface area contributed by atoms with Crippen LogP contribution in [0.15, 0.2) is 60.7 Å². The van der Waals surface area contributed by atoms with Crippen LogP contribution in [0.3, 0.4) is 0 Å². The summed E-state index contributed by atoms with van der Waals surface area (Å²) < 4.78 is 11.0. The molecule has 1 heterocycles. The van der Waals surface area contributed by atoms with E-state index in [0.29, 0.717) is 13.0 Å². The van der Waals surface area contributed by atoms with E-state index in [4.69, 9.17) is 9.47 Å². The first-order chi connectivity index (χ1) is 11.8. The molecule has 1 aliphatic rings. The Bertz CT molecular complexity index is 644. The number of hydrogen-bond acceptors (Lipinski definition) is 4. The molecule has 2 aromatic carbocycles. The Morgan fingerprint density at radius 2 is 1.67 bits per heavy atom. The predicted octanol–water partition coefficient (Wildman–Crippen LogP) is 3.02.